The number of imidazole rings is 1. The summed E-state index contributed by atoms with van der Waals surface area (Å²) in [5.74, 6) is 4.73. The molecular weight excluding hydrogens is 985 g/mol. The van der Waals surface area contributed by atoms with Crippen LogP contribution in [0.25, 0.3) is 27.9 Å². The number of allylic oxidation sites excluding steroid dienone is 1. The normalized spacial score (nSPS) is 14.0. The molecule has 6 aromatic rings. The lowest BCUT2D eigenvalue weighted by Gasteiger charge is -2.28. The molecule has 1 amide bonds. The van der Waals surface area contributed by atoms with Crippen LogP contribution < -0.4 is 36.5 Å². The van der Waals surface area contributed by atoms with Crippen LogP contribution in [0.2, 0.25) is 0 Å². The lowest BCUT2D eigenvalue weighted by Crippen LogP contribution is -2.39. The number of amides is 1. The van der Waals surface area contributed by atoms with Gasteiger partial charge in [0, 0.05) is 73.0 Å². The number of piperidine rings is 1. The monoisotopic (exact) mass is 1050 g/mol. The van der Waals surface area contributed by atoms with Crippen LogP contribution in [0.3, 0.4) is 0 Å². The van der Waals surface area contributed by atoms with Crippen molar-refractivity contribution in [3.63, 3.8) is 0 Å². The fourth-order valence-electron chi connectivity index (χ4n) is 9.35. The number of benzene rings is 3. The zero-order valence-corrected chi connectivity index (χ0v) is 43.8. The van der Waals surface area contributed by atoms with Crippen LogP contribution >= 0.6 is 0 Å². The maximum Gasteiger partial charge on any atom is 0.262 e. The third-order valence-corrected chi connectivity index (χ3v) is 14.0. The number of alkyl halides is 2. The minimum atomic E-state index is -3.62. The van der Waals surface area contributed by atoms with E-state index in [0.29, 0.717) is 74.4 Å². The number of carbonyl (C=O) groups is 1. The van der Waals surface area contributed by atoms with Gasteiger partial charge in [-0.1, -0.05) is 29.3 Å². The van der Waals surface area contributed by atoms with Crippen LogP contribution in [-0.2, 0) is 43.6 Å². The van der Waals surface area contributed by atoms with Crippen molar-refractivity contribution in [2.45, 2.75) is 89.2 Å². The first-order valence-electron chi connectivity index (χ1n) is 25.4. The number of aryl methyl sites for hydroxylation is 2. The highest BCUT2D eigenvalue weighted by Gasteiger charge is 2.29. The molecule has 8 rings (SSSR count). The summed E-state index contributed by atoms with van der Waals surface area (Å²) in [6.45, 7) is 8.64. The van der Waals surface area contributed by atoms with Gasteiger partial charge in [0.25, 0.3) is 5.92 Å². The van der Waals surface area contributed by atoms with E-state index in [-0.39, 0.29) is 49.5 Å². The average molecular weight is 1050 g/mol. The number of sulfone groups is 1. The van der Waals surface area contributed by atoms with Crippen molar-refractivity contribution in [2.75, 3.05) is 83.1 Å². The molecule has 17 nitrogen and oxygen atoms in total. The fraction of sp³-hybridized carbons (Fsp3) is 0.436. The first-order chi connectivity index (χ1) is 36.1. The fourth-order valence-corrected chi connectivity index (χ4v) is 10.1. The van der Waals surface area contributed by atoms with Crippen LogP contribution in [0.4, 0.5) is 20.2 Å². The third kappa shape index (κ3) is 14.9. The lowest BCUT2D eigenvalue weighted by molar-refractivity contribution is -0.121. The molecule has 1 aliphatic carbocycles. The average Bonchev–Trinajstić information content (AvgIpc) is 4.06. The van der Waals surface area contributed by atoms with Crippen LogP contribution in [0, 0.1) is 25.7 Å². The van der Waals surface area contributed by atoms with Gasteiger partial charge < -0.3 is 59.6 Å². The summed E-state index contributed by atoms with van der Waals surface area (Å²) in [5.41, 5.74) is 16.1. The molecule has 6 N–H and O–H groups in total. The Morgan fingerprint density at radius 3 is 2.57 bits per heavy atom. The van der Waals surface area contributed by atoms with Crippen LogP contribution in [-0.4, -0.2) is 118 Å². The van der Waals surface area contributed by atoms with E-state index >= 15 is 0 Å². The van der Waals surface area contributed by atoms with Crippen molar-refractivity contribution in [1.29, 1.82) is 0 Å². The van der Waals surface area contributed by atoms with E-state index in [2.05, 4.69) is 55.4 Å². The number of nitrogens with zero attached hydrogens (tertiary/aromatic N) is 4. The molecule has 75 heavy (non-hydrogen) atoms. The predicted octanol–water partition coefficient (Wildman–Crippen LogP) is 7.28. The molecule has 0 bridgehead atoms. The van der Waals surface area contributed by atoms with E-state index in [1.165, 1.54) is 6.07 Å². The number of anilines is 2. The summed E-state index contributed by atoms with van der Waals surface area (Å²) >= 11 is 0. The molecule has 0 unspecified atom stereocenters. The second-order valence-electron chi connectivity index (χ2n) is 19.0. The summed E-state index contributed by atoms with van der Waals surface area (Å²) in [5, 5.41) is 17.2. The Kier molecular flexibility index (Phi) is 18.2. The van der Waals surface area contributed by atoms with Gasteiger partial charge in [-0.2, -0.15) is 0 Å². The van der Waals surface area contributed by atoms with Crippen molar-refractivity contribution in [3.05, 3.63) is 107 Å². The number of carbonyl (C=O) groups excluding carboxylic acids is 1. The topological polar surface area (TPSA) is 211 Å². The summed E-state index contributed by atoms with van der Waals surface area (Å²) < 4.78 is 86.3. The van der Waals surface area contributed by atoms with Crippen molar-refractivity contribution >= 4 is 43.8 Å². The first kappa shape index (κ1) is 54.3. The summed E-state index contributed by atoms with van der Waals surface area (Å²) in [7, 11) is -3.62. The van der Waals surface area contributed by atoms with Gasteiger partial charge in [0.1, 0.15) is 34.3 Å². The van der Waals surface area contributed by atoms with Gasteiger partial charge in [0.2, 0.25) is 5.91 Å². The van der Waals surface area contributed by atoms with E-state index in [0.717, 1.165) is 102 Å². The molecule has 3 aromatic heterocycles. The Morgan fingerprint density at radius 2 is 1.80 bits per heavy atom. The number of aromatic nitrogens is 4. The van der Waals surface area contributed by atoms with E-state index in [1.807, 2.05) is 54.8 Å². The van der Waals surface area contributed by atoms with Gasteiger partial charge >= 0.3 is 0 Å². The molecule has 1 saturated heterocycles. The minimum absolute atomic E-state index is 0.0290. The van der Waals surface area contributed by atoms with Crippen LogP contribution in [0.1, 0.15) is 73.0 Å². The molecule has 400 valence electrons. The number of rotatable bonds is 25. The first-order valence-corrected chi connectivity index (χ1v) is 27.3. The molecule has 3 aromatic carbocycles. The maximum atomic E-state index is 14.5. The van der Waals surface area contributed by atoms with E-state index < -0.39 is 22.3 Å². The van der Waals surface area contributed by atoms with Crippen molar-refractivity contribution in [3.8, 4) is 34.5 Å². The molecule has 0 atom stereocenters. The van der Waals surface area contributed by atoms with Crippen molar-refractivity contribution < 1.29 is 45.5 Å². The Balaban J connectivity index is 0.713. The van der Waals surface area contributed by atoms with Crippen LogP contribution in [0.15, 0.2) is 82.5 Å². The van der Waals surface area contributed by atoms with Crippen molar-refractivity contribution in [1.82, 2.24) is 35.2 Å². The Morgan fingerprint density at radius 1 is 1.00 bits per heavy atom. The second-order valence-corrected chi connectivity index (χ2v) is 21.0. The Bertz CT molecular complexity index is 3130. The summed E-state index contributed by atoms with van der Waals surface area (Å²) in [4.78, 5) is 17.1. The number of hydrogen-bond donors (Lipinski definition) is 5. The Labute approximate surface area is 436 Å². The molecular formula is C55H67F2N9O8S. The molecule has 2 aliphatic rings. The van der Waals surface area contributed by atoms with Crippen molar-refractivity contribution in [2.24, 2.45) is 0 Å². The van der Waals surface area contributed by atoms with Gasteiger partial charge in [-0.25, -0.2) is 22.2 Å². The Hall–Kier alpha value is -6.92. The number of nitrogens with one attached hydrogen (secondary N) is 4. The van der Waals surface area contributed by atoms with Gasteiger partial charge in [-0.05, 0) is 119 Å². The predicted molar refractivity (Wildman–Crippen MR) is 285 cm³/mol. The quantitative estimate of drug-likeness (QED) is 0.0217. The van der Waals surface area contributed by atoms with Crippen LogP contribution in [0.5, 0.6) is 11.5 Å². The molecule has 1 aliphatic heterocycles. The number of nitrogens with two attached hydrogens (primary N) is 1. The highest BCUT2D eigenvalue weighted by Crippen LogP contribution is 2.34. The third-order valence-electron chi connectivity index (χ3n) is 12.9. The van der Waals surface area contributed by atoms with Gasteiger partial charge in [-0.15, -0.1) is 0 Å². The molecule has 0 spiro atoms. The summed E-state index contributed by atoms with van der Waals surface area (Å²) in [6.07, 6.45) is 9.25. The number of fused-ring (bicyclic) bond motifs is 2. The number of nitrogen functional groups attached to an aromatic ring is 1. The molecule has 20 heteroatoms. The lowest BCUT2D eigenvalue weighted by atomic mass is 9.99. The second kappa shape index (κ2) is 25.1. The zero-order chi connectivity index (χ0) is 53.0. The highest BCUT2D eigenvalue weighted by molar-refractivity contribution is 7.90. The molecule has 1 fully saturated rings. The number of halogens is 2. The zero-order valence-electron chi connectivity index (χ0n) is 43.0. The SMILES string of the molecule is Cc1noc(C)c1-c1cc(N)c2ncn(Cc3cccc(OCCCC(=O)NCCOCCOCCOc4cc(NCC#Cc5cc6c(n5CC(C)(F)F)CCC=C6NC5CCNCC5)ccc4S(C)(=O)=O)c3)c2c1. The number of ether oxygens (including phenoxy) is 4. The molecule has 0 radical (unpaired) electrons. The maximum absolute atomic E-state index is 14.5. The van der Waals surface area contributed by atoms with Gasteiger partial charge in [-0.3, -0.25) is 4.79 Å². The highest BCUT2D eigenvalue weighted by atomic mass is 32.2. The van der Waals surface area contributed by atoms with E-state index in [4.69, 9.17) is 29.2 Å². The molecule has 0 saturated carbocycles. The smallest absolute Gasteiger partial charge is 0.262 e. The van der Waals surface area contributed by atoms with Gasteiger partial charge in [0.15, 0.2) is 9.84 Å². The minimum Gasteiger partial charge on any atom is -0.494 e. The standard InChI is InChI=1S/C55H67F2N9O8S/c1-37-53(38(2)74-64-37)40-30-46(58)54-49(31-40)65(36-62-54)34-39-9-5-11-44(29-39)72-23-8-14-52(67)61-22-24-70-25-26-71-27-28-73-50-32-42(15-16-51(50)75(4,68)69)60-19-7-10-43-33-45-47(63-41-17-20-59-21-18-41)12-6-13-48(45)66(43)35-55(3,56)57/h5,9,11-12,15-16,29-33,36,41,59-60,63H,6,8,13-14,17-28,34-35,58H2,1-4H3,(H,61,67). The van der Waals surface area contributed by atoms with Gasteiger partial charge in [0.05, 0.1) is 75.0 Å². The largest absolute Gasteiger partial charge is 0.494 e. The van der Waals surface area contributed by atoms with E-state index in [9.17, 15) is 22.0 Å². The molecule has 4 heterocycles. The number of hydrogen-bond acceptors (Lipinski definition) is 14. The summed E-state index contributed by atoms with van der Waals surface area (Å²) in [6, 6.07) is 18.7. The van der Waals surface area contributed by atoms with E-state index in [1.54, 1.807) is 23.0 Å².